The maximum Gasteiger partial charge on any atom is 0.122 e. The van der Waals surface area contributed by atoms with Crippen molar-refractivity contribution < 1.29 is 20.4 Å². The molecule has 0 aliphatic heterocycles. The number of aryl methyl sites for hydroxylation is 8. The third-order valence-electron chi connectivity index (χ3n) is 9.87. The Hall–Kier alpha value is -4.00. The first-order valence-corrected chi connectivity index (χ1v) is 18.3. The lowest BCUT2D eigenvalue weighted by Crippen LogP contribution is -2.25. The summed E-state index contributed by atoms with van der Waals surface area (Å²) in [6.45, 7) is 20.3. The second-order valence-corrected chi connectivity index (χ2v) is 14.9. The van der Waals surface area contributed by atoms with Crippen LogP contribution in [0.4, 0.5) is 0 Å². The molecule has 0 saturated heterocycles. The molecule has 0 amide bonds. The Balaban J connectivity index is 1.33. The molecular weight excluding hydrogens is 620 g/mol. The number of rotatable bonds is 17. The van der Waals surface area contributed by atoms with E-state index in [0.29, 0.717) is 49.2 Å². The van der Waals surface area contributed by atoms with Gasteiger partial charge in [0.25, 0.3) is 0 Å². The molecule has 0 aromatic heterocycles. The molecule has 270 valence electrons. The highest BCUT2D eigenvalue weighted by molar-refractivity contribution is 5.46. The van der Waals surface area contributed by atoms with Crippen molar-refractivity contribution in [3.8, 4) is 23.0 Å². The summed E-state index contributed by atoms with van der Waals surface area (Å²) in [4.78, 5) is 4.70. The Labute approximate surface area is 301 Å². The van der Waals surface area contributed by atoms with Crippen LogP contribution in [0.15, 0.2) is 48.5 Å². The first-order chi connectivity index (χ1) is 23.7. The quantitative estimate of drug-likeness (QED) is 0.0831. The van der Waals surface area contributed by atoms with E-state index >= 15 is 0 Å². The Bertz CT molecular complexity index is 1510. The first-order valence-electron chi connectivity index (χ1n) is 18.3. The fourth-order valence-electron chi connectivity index (χ4n) is 7.44. The summed E-state index contributed by atoms with van der Waals surface area (Å²) in [6.07, 6.45) is 6.61. The SMILES string of the molecule is Cc1cc(C)c(O)c(CN(CCCCCCCCN(Cc2cc(C)cc(C)c2O)Cc2cc(C)cc(C)c2O)Cc2cc(C)cc(C)c2O)c1. The van der Waals surface area contributed by atoms with Crippen molar-refractivity contribution in [1.82, 2.24) is 9.80 Å². The minimum atomic E-state index is 0.361. The lowest BCUT2D eigenvalue weighted by Gasteiger charge is -2.25. The van der Waals surface area contributed by atoms with Crippen LogP contribution in [0.2, 0.25) is 0 Å². The summed E-state index contributed by atoms with van der Waals surface area (Å²) >= 11 is 0. The smallest absolute Gasteiger partial charge is 0.122 e. The van der Waals surface area contributed by atoms with Gasteiger partial charge >= 0.3 is 0 Å². The van der Waals surface area contributed by atoms with Gasteiger partial charge in [-0.15, -0.1) is 0 Å². The van der Waals surface area contributed by atoms with Crippen LogP contribution in [-0.2, 0) is 26.2 Å². The molecule has 4 rings (SSSR count). The zero-order valence-corrected chi connectivity index (χ0v) is 31.8. The summed E-state index contributed by atoms with van der Waals surface area (Å²) in [5.41, 5.74) is 11.8. The Kier molecular flexibility index (Phi) is 13.8. The van der Waals surface area contributed by atoms with Gasteiger partial charge < -0.3 is 20.4 Å². The van der Waals surface area contributed by atoms with Gasteiger partial charge in [-0.25, -0.2) is 0 Å². The van der Waals surface area contributed by atoms with Crippen molar-refractivity contribution in [3.05, 3.63) is 115 Å². The van der Waals surface area contributed by atoms with E-state index in [-0.39, 0.29) is 0 Å². The molecule has 4 aromatic rings. The van der Waals surface area contributed by atoms with Gasteiger partial charge in [0, 0.05) is 48.4 Å². The summed E-state index contributed by atoms with van der Waals surface area (Å²) in [5.74, 6) is 1.44. The number of hydrogen-bond acceptors (Lipinski definition) is 6. The Morgan fingerprint density at radius 3 is 0.800 bits per heavy atom. The Morgan fingerprint density at radius 2 is 0.560 bits per heavy atom. The maximum absolute atomic E-state index is 10.8. The molecular formula is C44H60N2O4. The fraction of sp³-hybridized carbons (Fsp3) is 0.455. The van der Waals surface area contributed by atoms with Crippen molar-refractivity contribution in [3.63, 3.8) is 0 Å². The summed E-state index contributed by atoms with van der Waals surface area (Å²) in [5, 5.41) is 43.4. The van der Waals surface area contributed by atoms with Gasteiger partial charge in [-0.1, -0.05) is 96.5 Å². The number of unbranched alkanes of at least 4 members (excludes halogenated alkanes) is 5. The average molecular weight is 681 g/mol. The standard InChI is InChI=1S/C44H60N2O4/c1-29-17-33(5)41(47)37(21-29)25-45(26-38-22-30(2)18-34(6)42(38)48)15-13-11-9-10-12-14-16-46(27-39-23-31(3)19-35(7)43(39)49)28-40-24-32(4)20-36(8)44(40)50/h17-24,47-50H,9-16,25-28H2,1-8H3. The largest absolute Gasteiger partial charge is 0.507 e. The minimum absolute atomic E-state index is 0.361. The van der Waals surface area contributed by atoms with Crippen LogP contribution in [0.1, 0.15) is 105 Å². The van der Waals surface area contributed by atoms with E-state index in [4.69, 9.17) is 0 Å². The van der Waals surface area contributed by atoms with Crippen LogP contribution >= 0.6 is 0 Å². The van der Waals surface area contributed by atoms with Crippen LogP contribution in [-0.4, -0.2) is 43.3 Å². The van der Waals surface area contributed by atoms with Crippen molar-refractivity contribution in [1.29, 1.82) is 0 Å². The number of benzene rings is 4. The van der Waals surface area contributed by atoms with Gasteiger partial charge in [-0.05, 0) is 104 Å². The molecule has 0 bridgehead atoms. The highest BCUT2D eigenvalue weighted by Gasteiger charge is 2.17. The molecule has 0 atom stereocenters. The van der Waals surface area contributed by atoms with E-state index in [1.165, 1.54) is 0 Å². The summed E-state index contributed by atoms with van der Waals surface area (Å²) in [6, 6.07) is 16.3. The molecule has 4 aromatic carbocycles. The van der Waals surface area contributed by atoms with Crippen molar-refractivity contribution in [2.24, 2.45) is 0 Å². The van der Waals surface area contributed by atoms with E-state index in [1.54, 1.807) is 0 Å². The molecule has 50 heavy (non-hydrogen) atoms. The number of hydrogen-bond donors (Lipinski definition) is 4. The van der Waals surface area contributed by atoms with E-state index < -0.39 is 0 Å². The van der Waals surface area contributed by atoms with Crippen molar-refractivity contribution >= 4 is 0 Å². The van der Waals surface area contributed by atoms with Crippen molar-refractivity contribution in [2.45, 2.75) is 120 Å². The van der Waals surface area contributed by atoms with E-state index in [2.05, 4.69) is 61.8 Å². The number of nitrogens with zero attached hydrogens (tertiary/aromatic N) is 2. The van der Waals surface area contributed by atoms with Crippen LogP contribution in [0.3, 0.4) is 0 Å². The van der Waals surface area contributed by atoms with Gasteiger partial charge in [-0.2, -0.15) is 0 Å². The molecule has 4 N–H and O–H groups in total. The van der Waals surface area contributed by atoms with Crippen LogP contribution in [0, 0.1) is 55.4 Å². The van der Waals surface area contributed by atoms with E-state index in [0.717, 1.165) is 118 Å². The molecule has 0 spiro atoms. The molecule has 0 aliphatic carbocycles. The van der Waals surface area contributed by atoms with Crippen molar-refractivity contribution in [2.75, 3.05) is 13.1 Å². The zero-order valence-electron chi connectivity index (χ0n) is 31.8. The third kappa shape index (κ3) is 10.7. The monoisotopic (exact) mass is 680 g/mol. The summed E-state index contributed by atoms with van der Waals surface area (Å²) in [7, 11) is 0. The molecule has 6 nitrogen and oxygen atoms in total. The number of phenols is 4. The molecule has 0 fully saturated rings. The van der Waals surface area contributed by atoms with Crippen LogP contribution in [0.25, 0.3) is 0 Å². The highest BCUT2D eigenvalue weighted by Crippen LogP contribution is 2.31. The van der Waals surface area contributed by atoms with Crippen LogP contribution in [0.5, 0.6) is 23.0 Å². The van der Waals surface area contributed by atoms with Gasteiger partial charge in [0.2, 0.25) is 0 Å². The predicted molar refractivity (Wildman–Crippen MR) is 206 cm³/mol. The maximum atomic E-state index is 10.8. The molecule has 0 heterocycles. The summed E-state index contributed by atoms with van der Waals surface area (Å²) < 4.78 is 0. The lowest BCUT2D eigenvalue weighted by molar-refractivity contribution is 0.239. The Morgan fingerprint density at radius 1 is 0.340 bits per heavy atom. The van der Waals surface area contributed by atoms with E-state index in [1.807, 2.05) is 52.0 Å². The third-order valence-corrected chi connectivity index (χ3v) is 9.87. The molecule has 0 aliphatic rings. The highest BCUT2D eigenvalue weighted by atomic mass is 16.3. The predicted octanol–water partition coefficient (Wildman–Crippen LogP) is 10.0. The van der Waals surface area contributed by atoms with Gasteiger partial charge in [0.05, 0.1) is 0 Å². The zero-order chi connectivity index (χ0) is 36.5. The second kappa shape index (κ2) is 17.8. The molecule has 0 unspecified atom stereocenters. The van der Waals surface area contributed by atoms with Gasteiger partial charge in [-0.3, -0.25) is 9.80 Å². The number of phenolic OH excluding ortho intramolecular Hbond substituents is 4. The van der Waals surface area contributed by atoms with Gasteiger partial charge in [0.15, 0.2) is 0 Å². The van der Waals surface area contributed by atoms with Gasteiger partial charge in [0.1, 0.15) is 23.0 Å². The second-order valence-electron chi connectivity index (χ2n) is 14.9. The first kappa shape index (κ1) is 38.8. The fourth-order valence-corrected chi connectivity index (χ4v) is 7.44. The number of aromatic hydroxyl groups is 4. The minimum Gasteiger partial charge on any atom is -0.507 e. The lowest BCUT2D eigenvalue weighted by atomic mass is 10.0. The van der Waals surface area contributed by atoms with E-state index in [9.17, 15) is 20.4 Å². The molecule has 6 heteroatoms. The normalized spacial score (nSPS) is 11.6. The molecule has 0 saturated carbocycles. The van der Waals surface area contributed by atoms with Crippen LogP contribution < -0.4 is 0 Å². The topological polar surface area (TPSA) is 87.4 Å². The molecule has 0 radical (unpaired) electrons. The average Bonchev–Trinajstić information content (AvgIpc) is 3.03.